The number of sulfonamides is 1. The highest BCUT2D eigenvalue weighted by Gasteiger charge is 2.32. The van der Waals surface area contributed by atoms with Crippen molar-refractivity contribution in [1.82, 2.24) is 14.2 Å². The first kappa shape index (κ1) is 14.2. The number of rotatable bonds is 3. The second-order valence-electron chi connectivity index (χ2n) is 4.55. The lowest BCUT2D eigenvalue weighted by molar-refractivity contribution is 0.190. The van der Waals surface area contributed by atoms with Crippen LogP contribution in [0.3, 0.4) is 0 Å². The van der Waals surface area contributed by atoms with Gasteiger partial charge >= 0.3 is 0 Å². The summed E-state index contributed by atoms with van der Waals surface area (Å²) >= 11 is 6.71. The van der Waals surface area contributed by atoms with Crippen LogP contribution in [-0.2, 0) is 10.0 Å². The summed E-state index contributed by atoms with van der Waals surface area (Å²) in [6.45, 7) is 1.10. The monoisotopic (exact) mass is 309 g/mol. The van der Waals surface area contributed by atoms with E-state index in [1.807, 2.05) is 14.1 Å². The highest BCUT2D eigenvalue weighted by atomic mass is 35.5. The van der Waals surface area contributed by atoms with Crippen LogP contribution in [0.5, 0.6) is 0 Å². The standard InChI is InChI=1S/C10H16ClN3O2S2/c1-13(2)8-4-3-5-14(7-8)18(15,16)9-6-12-10(11)17-9/h6,8H,3-5,7H2,1-2H3. The molecule has 0 radical (unpaired) electrons. The van der Waals surface area contributed by atoms with Crippen LogP contribution in [0.4, 0.5) is 0 Å². The number of nitrogens with zero attached hydrogens (tertiary/aromatic N) is 3. The molecular weight excluding hydrogens is 294 g/mol. The van der Waals surface area contributed by atoms with E-state index in [1.165, 1.54) is 10.5 Å². The molecule has 1 unspecified atom stereocenters. The third-order valence-corrected chi connectivity index (χ3v) is 6.56. The fraction of sp³-hybridized carbons (Fsp3) is 0.700. The third kappa shape index (κ3) is 2.85. The highest BCUT2D eigenvalue weighted by molar-refractivity contribution is 7.91. The largest absolute Gasteiger partial charge is 0.305 e. The Labute approximate surface area is 116 Å². The number of thiazole rings is 1. The second-order valence-corrected chi connectivity index (χ2v) is 8.33. The first-order chi connectivity index (χ1) is 8.41. The summed E-state index contributed by atoms with van der Waals surface area (Å²) in [6, 6.07) is 0.275. The van der Waals surface area contributed by atoms with Gasteiger partial charge in [0.15, 0.2) is 8.68 Å². The van der Waals surface area contributed by atoms with E-state index in [9.17, 15) is 8.42 Å². The summed E-state index contributed by atoms with van der Waals surface area (Å²) in [4.78, 5) is 5.87. The van der Waals surface area contributed by atoms with Crippen LogP contribution in [0, 0.1) is 0 Å². The molecule has 2 heterocycles. The van der Waals surface area contributed by atoms with Crippen molar-refractivity contribution in [2.75, 3.05) is 27.2 Å². The van der Waals surface area contributed by atoms with Crippen molar-refractivity contribution < 1.29 is 8.42 Å². The molecule has 1 atom stereocenters. The average Bonchev–Trinajstić information content (AvgIpc) is 2.77. The molecule has 0 aliphatic carbocycles. The highest BCUT2D eigenvalue weighted by Crippen LogP contribution is 2.28. The van der Waals surface area contributed by atoms with Crippen molar-refractivity contribution in [3.05, 3.63) is 10.7 Å². The minimum absolute atomic E-state index is 0.229. The Kier molecular flexibility index (Phi) is 4.28. The van der Waals surface area contributed by atoms with Crippen molar-refractivity contribution in [3.63, 3.8) is 0 Å². The molecular formula is C10H16ClN3O2S2. The number of halogens is 1. The normalized spacial score (nSPS) is 22.6. The zero-order valence-electron chi connectivity index (χ0n) is 10.3. The Balaban J connectivity index is 2.20. The molecule has 5 nitrogen and oxygen atoms in total. The van der Waals surface area contributed by atoms with Crippen LogP contribution in [0.25, 0.3) is 0 Å². The molecule has 1 aliphatic heterocycles. The molecule has 0 saturated carbocycles. The molecule has 0 aromatic carbocycles. The summed E-state index contributed by atoms with van der Waals surface area (Å²) in [6.07, 6.45) is 3.25. The summed E-state index contributed by atoms with van der Waals surface area (Å²) < 4.78 is 26.8. The van der Waals surface area contributed by atoms with Gasteiger partial charge in [0.05, 0.1) is 6.20 Å². The molecule has 1 aromatic heterocycles. The molecule has 8 heteroatoms. The molecule has 1 aromatic rings. The minimum atomic E-state index is -3.43. The number of piperidine rings is 1. The van der Waals surface area contributed by atoms with Crippen molar-refractivity contribution in [2.45, 2.75) is 23.1 Å². The molecule has 1 aliphatic rings. The van der Waals surface area contributed by atoms with Gasteiger partial charge in [-0.1, -0.05) is 22.9 Å². The number of aromatic nitrogens is 1. The van der Waals surface area contributed by atoms with Crippen LogP contribution in [0.15, 0.2) is 10.4 Å². The van der Waals surface area contributed by atoms with E-state index in [0.29, 0.717) is 13.1 Å². The first-order valence-electron chi connectivity index (χ1n) is 5.69. The maximum absolute atomic E-state index is 12.4. The van der Waals surface area contributed by atoms with E-state index in [2.05, 4.69) is 9.88 Å². The van der Waals surface area contributed by atoms with E-state index in [0.717, 1.165) is 24.2 Å². The summed E-state index contributed by atoms with van der Waals surface area (Å²) in [5.41, 5.74) is 0. The molecule has 0 spiro atoms. The Bertz CT molecular complexity index is 515. The van der Waals surface area contributed by atoms with E-state index >= 15 is 0 Å². The lowest BCUT2D eigenvalue weighted by Gasteiger charge is -2.34. The quantitative estimate of drug-likeness (QED) is 0.849. The SMILES string of the molecule is CN(C)C1CCCN(S(=O)(=O)c2cnc(Cl)s2)C1. The van der Waals surface area contributed by atoms with Gasteiger partial charge in [0.25, 0.3) is 10.0 Å². The minimum Gasteiger partial charge on any atom is -0.305 e. The van der Waals surface area contributed by atoms with Crippen molar-refractivity contribution in [2.24, 2.45) is 0 Å². The Morgan fingerprint density at radius 3 is 2.83 bits per heavy atom. The summed E-state index contributed by atoms with van der Waals surface area (Å²) in [5.74, 6) is 0. The van der Waals surface area contributed by atoms with E-state index in [-0.39, 0.29) is 14.7 Å². The van der Waals surface area contributed by atoms with Gasteiger partial charge in [-0.05, 0) is 26.9 Å². The Hall–Kier alpha value is -0.210. The van der Waals surface area contributed by atoms with Gasteiger partial charge in [0, 0.05) is 19.1 Å². The van der Waals surface area contributed by atoms with E-state index in [4.69, 9.17) is 11.6 Å². The van der Waals surface area contributed by atoms with Crippen molar-refractivity contribution in [3.8, 4) is 0 Å². The molecule has 0 N–H and O–H groups in total. The van der Waals surface area contributed by atoms with Crippen LogP contribution in [0.2, 0.25) is 4.47 Å². The summed E-state index contributed by atoms with van der Waals surface area (Å²) in [5, 5.41) is 0. The Morgan fingerprint density at radius 1 is 1.56 bits per heavy atom. The topological polar surface area (TPSA) is 53.5 Å². The van der Waals surface area contributed by atoms with Crippen LogP contribution in [0.1, 0.15) is 12.8 Å². The zero-order chi connectivity index (χ0) is 13.3. The predicted octanol–water partition coefficient (Wildman–Crippen LogP) is 1.51. The number of hydrogen-bond donors (Lipinski definition) is 0. The molecule has 1 saturated heterocycles. The van der Waals surface area contributed by atoms with Crippen molar-refractivity contribution in [1.29, 1.82) is 0 Å². The van der Waals surface area contributed by atoms with Crippen LogP contribution in [-0.4, -0.2) is 55.8 Å². The van der Waals surface area contributed by atoms with E-state index in [1.54, 1.807) is 0 Å². The predicted molar refractivity (Wildman–Crippen MR) is 72.6 cm³/mol. The van der Waals surface area contributed by atoms with Gasteiger partial charge in [0.2, 0.25) is 0 Å². The van der Waals surface area contributed by atoms with Gasteiger partial charge in [0.1, 0.15) is 0 Å². The molecule has 0 bridgehead atoms. The zero-order valence-corrected chi connectivity index (χ0v) is 12.7. The van der Waals surface area contributed by atoms with Gasteiger partial charge in [-0.2, -0.15) is 4.31 Å². The van der Waals surface area contributed by atoms with Gasteiger partial charge in [-0.15, -0.1) is 0 Å². The van der Waals surface area contributed by atoms with E-state index < -0.39 is 10.0 Å². The van der Waals surface area contributed by atoms with Gasteiger partial charge in [-0.3, -0.25) is 0 Å². The first-order valence-corrected chi connectivity index (χ1v) is 8.32. The number of likely N-dealkylation sites (N-methyl/N-ethyl adjacent to an activating group) is 1. The lowest BCUT2D eigenvalue weighted by atomic mass is 10.1. The maximum atomic E-state index is 12.4. The Morgan fingerprint density at radius 2 is 2.28 bits per heavy atom. The molecule has 102 valence electrons. The lowest BCUT2D eigenvalue weighted by Crippen LogP contribution is -2.47. The molecule has 2 rings (SSSR count). The smallest absolute Gasteiger partial charge is 0.254 e. The fourth-order valence-electron chi connectivity index (χ4n) is 2.05. The van der Waals surface area contributed by atoms with Crippen LogP contribution >= 0.6 is 22.9 Å². The average molecular weight is 310 g/mol. The van der Waals surface area contributed by atoms with Crippen LogP contribution < -0.4 is 0 Å². The van der Waals surface area contributed by atoms with Crippen molar-refractivity contribution >= 4 is 33.0 Å². The second kappa shape index (κ2) is 5.42. The molecule has 18 heavy (non-hydrogen) atoms. The van der Waals surface area contributed by atoms with Gasteiger partial charge < -0.3 is 4.90 Å². The fourth-order valence-corrected chi connectivity index (χ4v) is 5.01. The van der Waals surface area contributed by atoms with Gasteiger partial charge in [-0.25, -0.2) is 13.4 Å². The summed E-state index contributed by atoms with van der Waals surface area (Å²) in [7, 11) is 0.524. The maximum Gasteiger partial charge on any atom is 0.254 e. The number of hydrogen-bond acceptors (Lipinski definition) is 5. The molecule has 1 fully saturated rings. The molecule has 0 amide bonds. The third-order valence-electron chi connectivity index (χ3n) is 3.14.